The summed E-state index contributed by atoms with van der Waals surface area (Å²) >= 11 is 0. The zero-order valence-electron chi connectivity index (χ0n) is 19.6. The molecular weight excluding hydrogens is 380 g/mol. The van der Waals surface area contributed by atoms with E-state index in [0.717, 1.165) is 0 Å². The van der Waals surface area contributed by atoms with Gasteiger partial charge in [0.05, 0.1) is 0 Å². The van der Waals surface area contributed by atoms with E-state index in [-0.39, 0.29) is 11.8 Å². The number of terminal acetylenes is 1. The van der Waals surface area contributed by atoms with Gasteiger partial charge >= 0.3 is 0 Å². The summed E-state index contributed by atoms with van der Waals surface area (Å²) in [6, 6.07) is 0. The fourth-order valence-electron chi connectivity index (χ4n) is 1.05. The molecule has 6 nitrogen and oxygen atoms in total. The Hall–Kier alpha value is -1.37. The largest absolute Gasteiger partial charge is 0.381 e. The maximum atomic E-state index is 10.7. The molecule has 0 rings (SSSR count). The monoisotopic (exact) mass is 408 g/mol. The van der Waals surface area contributed by atoms with Crippen LogP contribution >= 0.6 is 0 Å². The highest BCUT2D eigenvalue weighted by atomic mass is 16.3. The van der Waals surface area contributed by atoms with E-state index in [9.17, 15) is 9.59 Å². The number of rotatable bonds is 3. The van der Waals surface area contributed by atoms with Gasteiger partial charge in [0, 0.05) is 107 Å². The first-order valence-electron chi connectivity index (χ1n) is 9.18. The average Bonchev–Trinajstić information content (AvgIpc) is 2.59. The first-order valence-corrected chi connectivity index (χ1v) is 9.18. The van der Waals surface area contributed by atoms with Gasteiger partial charge < -0.3 is 20.0 Å². The third-order valence-corrected chi connectivity index (χ3v) is 3.00. The number of aliphatic hydroxyl groups excluding tert-OH is 2. The molecule has 0 saturated heterocycles. The molecule has 0 saturated carbocycles. The molecule has 2 N–H and O–H groups in total. The van der Waals surface area contributed by atoms with Gasteiger partial charge in [-0.05, 0) is 19.8 Å². The number of hydrogen-bond acceptors (Lipinski definition) is 4. The fourth-order valence-corrected chi connectivity index (χ4v) is 1.05. The van der Waals surface area contributed by atoms with E-state index >= 15 is 0 Å². The van der Waals surface area contributed by atoms with Crippen LogP contribution in [-0.2, 0) is 9.59 Å². The smallest absolute Gasteiger partial charge is 0.298 e. The van der Waals surface area contributed by atoms with Gasteiger partial charge in [-0.25, -0.2) is 0 Å². The molecule has 12 radical (unpaired) electrons. The molecule has 0 bridgehead atoms. The first-order chi connectivity index (χ1) is 13.9. The predicted molar refractivity (Wildman–Crippen MR) is 141 cm³/mol. The molecule has 2 amide bonds. The highest BCUT2D eigenvalue weighted by Gasteiger charge is 2.24. The Morgan fingerprint density at radius 3 is 1.23 bits per heavy atom. The molecule has 31 heavy (non-hydrogen) atoms. The van der Waals surface area contributed by atoms with Crippen molar-refractivity contribution in [2.24, 2.45) is 0 Å². The minimum absolute atomic E-state index is 0.0926. The van der Waals surface area contributed by atoms with Gasteiger partial charge in [-0.15, -0.1) is 6.42 Å². The molecular formula is C15H26B10N2O4. The topological polar surface area (TPSA) is 81.1 Å². The number of amides is 2. The van der Waals surface area contributed by atoms with Gasteiger partial charge in [-0.1, -0.05) is 11.8 Å². The molecule has 16 heteroatoms. The van der Waals surface area contributed by atoms with E-state index in [1.54, 1.807) is 35.1 Å². The van der Waals surface area contributed by atoms with Gasteiger partial charge in [0.2, 0.25) is 5.91 Å². The highest BCUT2D eigenvalue weighted by molar-refractivity contribution is 8.00. The average molecular weight is 407 g/mol. The third kappa shape index (κ3) is 30.9. The summed E-state index contributed by atoms with van der Waals surface area (Å²) in [6.07, 6.45) is 0.906. The van der Waals surface area contributed by atoms with Crippen molar-refractivity contribution in [2.45, 2.75) is 33.0 Å². The summed E-state index contributed by atoms with van der Waals surface area (Å²) in [4.78, 5) is 23.6. The Balaban J connectivity index is -0.000000163. The van der Waals surface area contributed by atoms with Crippen molar-refractivity contribution in [1.82, 2.24) is 9.80 Å². The van der Waals surface area contributed by atoms with Gasteiger partial charge in [-0.3, -0.25) is 9.59 Å². The first kappa shape index (κ1) is 37.0. The molecule has 150 valence electrons. The minimum Gasteiger partial charge on any atom is -0.381 e. The zero-order valence-corrected chi connectivity index (χ0v) is 19.6. The van der Waals surface area contributed by atoms with Crippen LogP contribution in [0.25, 0.3) is 0 Å². The number of carbonyl (C=O) groups is 2. The van der Waals surface area contributed by atoms with Crippen molar-refractivity contribution >= 4 is 83.8 Å². The van der Waals surface area contributed by atoms with Crippen molar-refractivity contribution in [2.75, 3.05) is 28.2 Å². The van der Waals surface area contributed by atoms with Crippen molar-refractivity contribution < 1.29 is 19.8 Å². The maximum absolute atomic E-state index is 10.7. The zero-order chi connectivity index (χ0) is 25.9. The van der Waals surface area contributed by atoms with Crippen LogP contribution in [0.5, 0.6) is 0 Å². The van der Waals surface area contributed by atoms with E-state index in [1.165, 1.54) is 23.6 Å². The minimum atomic E-state index is -0.733. The lowest BCUT2D eigenvalue weighted by Gasteiger charge is -2.23. The summed E-state index contributed by atoms with van der Waals surface area (Å²) in [5.74, 6) is 6.49. The maximum Gasteiger partial charge on any atom is 0.298 e. The Morgan fingerprint density at radius 1 is 0.839 bits per heavy atom. The summed E-state index contributed by atoms with van der Waals surface area (Å²) in [5.41, 5.74) is 0. The number of hydrogen-bond donors (Lipinski definition) is 2. The van der Waals surface area contributed by atoms with Crippen LogP contribution in [0, 0.1) is 24.2 Å². The van der Waals surface area contributed by atoms with Gasteiger partial charge in [-0.2, -0.15) is 0 Å². The van der Waals surface area contributed by atoms with Crippen molar-refractivity contribution in [3.05, 3.63) is 0 Å². The molecule has 0 fully saturated rings. The lowest BCUT2D eigenvalue weighted by atomic mass is 8.58. The van der Waals surface area contributed by atoms with Gasteiger partial charge in [0.1, 0.15) is 12.2 Å². The van der Waals surface area contributed by atoms with E-state index in [1.807, 2.05) is 0 Å². The predicted octanol–water partition coefficient (Wildman–Crippen LogP) is -4.25. The molecule has 2 atom stereocenters. The van der Waals surface area contributed by atoms with Crippen LogP contribution in [0.4, 0.5) is 0 Å². The lowest BCUT2D eigenvalue weighted by Crippen LogP contribution is -2.62. The number of nitrogens with zero attached hydrogens (tertiary/aromatic N) is 2. The molecule has 0 spiro atoms. The lowest BCUT2D eigenvalue weighted by molar-refractivity contribution is -0.126. The van der Waals surface area contributed by atoms with Gasteiger partial charge in [0.25, 0.3) is 5.91 Å². The Labute approximate surface area is 198 Å². The molecule has 0 aliphatic carbocycles. The second-order valence-electron chi connectivity index (χ2n) is 6.71. The van der Waals surface area contributed by atoms with Crippen molar-refractivity contribution in [1.29, 1.82) is 0 Å². The number of carbonyl (C=O) groups excluding carboxylic acids is 2. The SMILES string of the molecule is C#C[C@@H](C)O.CC(=O)N(C)C.C[C@@H](O)C#CC(=O)N(C)C.[B]B([B])B(B([B])[B])B([B])[B]. The molecule has 0 aliphatic rings. The standard InChI is InChI=1S/C7H11NO2.C4H9NO.C4H6O.B10/c1-6(9)4-5-7(10)8(2)3;1-4(6)5(2)3;1-3-4(2)5;1-7(2)10(8(3)4)9(5)6/h6,9H,1-3H3;1-3H3;1,4-5H,2H3;/t6-;;4-;/m1.1./s1. The van der Waals surface area contributed by atoms with Crippen LogP contribution in [0.2, 0.25) is 0 Å². The Kier molecular flexibility index (Phi) is 26.1. The molecule has 0 aromatic rings. The second-order valence-corrected chi connectivity index (χ2v) is 6.71. The third-order valence-electron chi connectivity index (χ3n) is 3.00. The second kappa shape index (κ2) is 21.8. The molecule has 0 aromatic heterocycles. The van der Waals surface area contributed by atoms with Crippen LogP contribution < -0.4 is 0 Å². The van der Waals surface area contributed by atoms with Crippen LogP contribution in [-0.4, -0.2) is 144 Å². The Morgan fingerprint density at radius 2 is 1.13 bits per heavy atom. The van der Waals surface area contributed by atoms with E-state index < -0.39 is 37.7 Å². The van der Waals surface area contributed by atoms with E-state index in [2.05, 4.69) is 24.2 Å². The summed E-state index contributed by atoms with van der Waals surface area (Å²) in [7, 11) is 38.4. The summed E-state index contributed by atoms with van der Waals surface area (Å²) in [5, 5.41) is 16.8. The van der Waals surface area contributed by atoms with Crippen LogP contribution in [0.1, 0.15) is 20.8 Å². The summed E-state index contributed by atoms with van der Waals surface area (Å²) < 4.78 is 0. The fraction of sp³-hybridized carbons (Fsp3) is 0.600. The molecule has 0 aromatic carbocycles. The normalized spacial score (nSPS) is 9.94. The van der Waals surface area contributed by atoms with Crippen molar-refractivity contribution in [3.63, 3.8) is 0 Å². The number of aliphatic hydroxyl groups is 2. The highest BCUT2D eigenvalue weighted by Crippen LogP contribution is 1.86. The summed E-state index contributed by atoms with van der Waals surface area (Å²) in [6.45, 7) is 4.58. The quantitative estimate of drug-likeness (QED) is 0.368. The van der Waals surface area contributed by atoms with Gasteiger partial charge in [0.15, 0.2) is 0 Å². The molecule has 0 unspecified atom stereocenters. The molecule has 0 aliphatic heterocycles. The van der Waals surface area contributed by atoms with E-state index in [4.69, 9.17) is 56.6 Å². The van der Waals surface area contributed by atoms with Crippen LogP contribution in [0.3, 0.4) is 0 Å². The van der Waals surface area contributed by atoms with E-state index in [0.29, 0.717) is 0 Å². The van der Waals surface area contributed by atoms with Crippen molar-refractivity contribution in [3.8, 4) is 24.2 Å². The Bertz CT molecular complexity index is 566. The van der Waals surface area contributed by atoms with Crippen LogP contribution in [0.15, 0.2) is 0 Å². The molecule has 0 heterocycles.